The summed E-state index contributed by atoms with van der Waals surface area (Å²) >= 11 is 0. The van der Waals surface area contributed by atoms with Crippen LogP contribution in [0.3, 0.4) is 0 Å². The van der Waals surface area contributed by atoms with Gasteiger partial charge >= 0.3 is 5.97 Å². The van der Waals surface area contributed by atoms with Gasteiger partial charge in [-0.2, -0.15) is 0 Å². The summed E-state index contributed by atoms with van der Waals surface area (Å²) in [6.45, 7) is 5.32. The van der Waals surface area contributed by atoms with Gasteiger partial charge < -0.3 is 15.2 Å². The van der Waals surface area contributed by atoms with Crippen molar-refractivity contribution in [2.45, 2.75) is 51.9 Å². The molecule has 1 aliphatic rings. The first-order valence-electron chi connectivity index (χ1n) is 5.58. The normalized spacial score (nSPS) is 31.8. The molecule has 3 atom stereocenters. The molecule has 1 aliphatic heterocycles. The number of ether oxygens (including phenoxy) is 1. The minimum Gasteiger partial charge on any atom is -0.480 e. The van der Waals surface area contributed by atoms with Gasteiger partial charge in [0.05, 0.1) is 12.2 Å². The predicted molar refractivity (Wildman–Crippen MR) is 58.0 cm³/mol. The molecule has 1 amide bonds. The first-order valence-corrected chi connectivity index (χ1v) is 5.58. The number of amides is 1. The van der Waals surface area contributed by atoms with Crippen molar-refractivity contribution >= 4 is 11.9 Å². The molecule has 0 aromatic rings. The van der Waals surface area contributed by atoms with Crippen LogP contribution < -0.4 is 5.32 Å². The van der Waals surface area contributed by atoms with Crippen molar-refractivity contribution < 1.29 is 19.4 Å². The molecule has 5 heteroatoms. The minimum atomic E-state index is -1.01. The molecule has 0 aromatic heterocycles. The predicted octanol–water partition coefficient (Wildman–Crippen LogP) is 0.779. The van der Waals surface area contributed by atoms with Crippen LogP contribution in [-0.4, -0.2) is 35.2 Å². The fourth-order valence-electron chi connectivity index (χ4n) is 2.01. The Balaban J connectivity index is 2.50. The van der Waals surface area contributed by atoms with Crippen LogP contribution in [0.4, 0.5) is 0 Å². The van der Waals surface area contributed by atoms with Crippen molar-refractivity contribution in [1.29, 1.82) is 0 Å². The van der Waals surface area contributed by atoms with Crippen molar-refractivity contribution in [3.63, 3.8) is 0 Å². The molecule has 16 heavy (non-hydrogen) atoms. The highest BCUT2D eigenvalue weighted by molar-refractivity contribution is 5.84. The molecule has 2 unspecified atom stereocenters. The van der Waals surface area contributed by atoms with Gasteiger partial charge in [0, 0.05) is 5.92 Å². The first kappa shape index (κ1) is 13.0. The highest BCUT2D eigenvalue weighted by Gasteiger charge is 2.30. The summed E-state index contributed by atoms with van der Waals surface area (Å²) in [6.07, 6.45) is 1.42. The summed E-state index contributed by atoms with van der Waals surface area (Å²) < 4.78 is 5.52. The molecule has 1 saturated heterocycles. The van der Waals surface area contributed by atoms with Crippen LogP contribution in [0, 0.1) is 5.92 Å². The largest absolute Gasteiger partial charge is 0.480 e. The van der Waals surface area contributed by atoms with Crippen LogP contribution in [0.5, 0.6) is 0 Å². The van der Waals surface area contributed by atoms with E-state index in [0.29, 0.717) is 12.8 Å². The maximum absolute atomic E-state index is 11.8. The average Bonchev–Trinajstić information content (AvgIpc) is 2.15. The summed E-state index contributed by atoms with van der Waals surface area (Å²) in [5, 5.41) is 11.2. The molecule has 1 rings (SSSR count). The van der Waals surface area contributed by atoms with Gasteiger partial charge in [-0.1, -0.05) is 0 Å². The van der Waals surface area contributed by atoms with Gasteiger partial charge in [-0.05, 0) is 33.6 Å². The van der Waals surface area contributed by atoms with E-state index in [1.165, 1.54) is 6.92 Å². The Morgan fingerprint density at radius 2 is 1.81 bits per heavy atom. The molecule has 5 nitrogen and oxygen atoms in total. The monoisotopic (exact) mass is 229 g/mol. The van der Waals surface area contributed by atoms with Crippen LogP contribution in [-0.2, 0) is 14.3 Å². The molecule has 1 heterocycles. The van der Waals surface area contributed by atoms with Crippen LogP contribution in [0.1, 0.15) is 33.6 Å². The smallest absolute Gasteiger partial charge is 0.325 e. The molecule has 0 bridgehead atoms. The van der Waals surface area contributed by atoms with Crippen molar-refractivity contribution in [3.05, 3.63) is 0 Å². The Labute approximate surface area is 95.2 Å². The maximum Gasteiger partial charge on any atom is 0.325 e. The van der Waals surface area contributed by atoms with E-state index >= 15 is 0 Å². The van der Waals surface area contributed by atoms with Crippen molar-refractivity contribution in [2.24, 2.45) is 5.92 Å². The van der Waals surface area contributed by atoms with E-state index in [1.54, 1.807) is 0 Å². The molecular weight excluding hydrogens is 210 g/mol. The second kappa shape index (κ2) is 5.30. The third-order valence-electron chi connectivity index (χ3n) is 2.80. The standard InChI is InChI=1S/C11H19NO4/c1-6-4-9(5-7(2)16-6)10(13)12-8(3)11(14)15/h6-9H,4-5H2,1-3H3,(H,12,13)(H,14,15)/t6?,7?,8-,9?/m0/s1. The number of carboxylic acid groups (broad SMARTS) is 1. The Morgan fingerprint density at radius 1 is 1.31 bits per heavy atom. The number of hydrogen-bond donors (Lipinski definition) is 2. The summed E-state index contributed by atoms with van der Waals surface area (Å²) in [6, 6.07) is -0.832. The highest BCUT2D eigenvalue weighted by Crippen LogP contribution is 2.24. The van der Waals surface area contributed by atoms with Gasteiger partial charge in [0.2, 0.25) is 5.91 Å². The number of carboxylic acids is 1. The van der Waals surface area contributed by atoms with Gasteiger partial charge in [0.25, 0.3) is 0 Å². The second-order valence-corrected chi connectivity index (χ2v) is 4.49. The molecule has 0 radical (unpaired) electrons. The van der Waals surface area contributed by atoms with Gasteiger partial charge in [0.1, 0.15) is 6.04 Å². The lowest BCUT2D eigenvalue weighted by molar-refractivity contribution is -0.143. The fourth-order valence-corrected chi connectivity index (χ4v) is 2.01. The van der Waals surface area contributed by atoms with Gasteiger partial charge in [-0.3, -0.25) is 9.59 Å². The zero-order chi connectivity index (χ0) is 12.3. The lowest BCUT2D eigenvalue weighted by atomic mass is 9.91. The zero-order valence-electron chi connectivity index (χ0n) is 9.90. The number of aliphatic carboxylic acids is 1. The van der Waals surface area contributed by atoms with E-state index in [4.69, 9.17) is 9.84 Å². The zero-order valence-corrected chi connectivity index (χ0v) is 9.90. The molecule has 0 aromatic carbocycles. The van der Waals surface area contributed by atoms with Gasteiger partial charge in [-0.15, -0.1) is 0 Å². The lowest BCUT2D eigenvalue weighted by Crippen LogP contribution is -2.45. The number of nitrogens with one attached hydrogen (secondary N) is 1. The number of carbonyl (C=O) groups is 2. The van der Waals surface area contributed by atoms with E-state index in [-0.39, 0.29) is 24.0 Å². The highest BCUT2D eigenvalue weighted by atomic mass is 16.5. The Morgan fingerprint density at radius 3 is 2.25 bits per heavy atom. The topological polar surface area (TPSA) is 75.6 Å². The molecular formula is C11H19NO4. The van der Waals surface area contributed by atoms with Crippen molar-refractivity contribution in [2.75, 3.05) is 0 Å². The molecule has 0 aliphatic carbocycles. The summed E-state index contributed by atoms with van der Waals surface area (Å²) in [7, 11) is 0. The van der Waals surface area contributed by atoms with E-state index in [9.17, 15) is 9.59 Å². The Kier molecular flexibility index (Phi) is 4.29. The van der Waals surface area contributed by atoms with E-state index in [2.05, 4.69) is 5.32 Å². The fraction of sp³-hybridized carbons (Fsp3) is 0.818. The van der Waals surface area contributed by atoms with Crippen LogP contribution in [0.2, 0.25) is 0 Å². The average molecular weight is 229 g/mol. The summed E-state index contributed by atoms with van der Waals surface area (Å²) in [4.78, 5) is 22.4. The quantitative estimate of drug-likeness (QED) is 0.749. The molecule has 2 N–H and O–H groups in total. The van der Waals surface area contributed by atoms with Gasteiger partial charge in [-0.25, -0.2) is 0 Å². The van der Waals surface area contributed by atoms with Crippen molar-refractivity contribution in [1.82, 2.24) is 5.32 Å². The number of carbonyl (C=O) groups excluding carboxylic acids is 1. The maximum atomic E-state index is 11.8. The van der Waals surface area contributed by atoms with E-state index < -0.39 is 12.0 Å². The number of rotatable bonds is 3. The van der Waals surface area contributed by atoms with Gasteiger partial charge in [0.15, 0.2) is 0 Å². The Bertz CT molecular complexity index is 269. The molecule has 1 fully saturated rings. The number of hydrogen-bond acceptors (Lipinski definition) is 3. The third kappa shape index (κ3) is 3.48. The molecule has 92 valence electrons. The summed E-state index contributed by atoms with van der Waals surface area (Å²) in [5.41, 5.74) is 0. The second-order valence-electron chi connectivity index (χ2n) is 4.49. The van der Waals surface area contributed by atoms with Crippen LogP contribution >= 0.6 is 0 Å². The van der Waals surface area contributed by atoms with E-state index in [0.717, 1.165) is 0 Å². The van der Waals surface area contributed by atoms with E-state index in [1.807, 2.05) is 13.8 Å². The van der Waals surface area contributed by atoms with Crippen molar-refractivity contribution in [3.8, 4) is 0 Å². The van der Waals surface area contributed by atoms with Crippen LogP contribution in [0.15, 0.2) is 0 Å². The summed E-state index contributed by atoms with van der Waals surface area (Å²) in [5.74, 6) is -1.33. The Hall–Kier alpha value is -1.10. The SMILES string of the molecule is CC1CC(C(=O)N[C@@H](C)C(=O)O)CC(C)O1. The first-order chi connectivity index (χ1) is 7.40. The lowest BCUT2D eigenvalue weighted by Gasteiger charge is -2.31. The minimum absolute atomic E-state index is 0.0552. The third-order valence-corrected chi connectivity index (χ3v) is 2.80. The molecule has 0 saturated carbocycles. The van der Waals surface area contributed by atoms with Crippen LogP contribution in [0.25, 0.3) is 0 Å². The molecule has 0 spiro atoms.